The summed E-state index contributed by atoms with van der Waals surface area (Å²) in [6, 6.07) is 5.23. The van der Waals surface area contributed by atoms with Crippen LogP contribution in [0.15, 0.2) is 29.3 Å². The van der Waals surface area contributed by atoms with Crippen LogP contribution < -0.4 is 0 Å². The third-order valence-corrected chi connectivity index (χ3v) is 2.81. The zero-order valence-corrected chi connectivity index (χ0v) is 8.85. The molecule has 0 aromatic heterocycles. The van der Waals surface area contributed by atoms with Crippen molar-refractivity contribution in [1.29, 1.82) is 0 Å². The van der Waals surface area contributed by atoms with Crippen LogP contribution in [0, 0.1) is 5.82 Å². The monoisotopic (exact) mass is 221 g/mol. The Hall–Kier alpha value is -1.71. The molecule has 0 amide bonds. The first kappa shape index (κ1) is 10.8. The Morgan fingerprint density at radius 2 is 2.06 bits per heavy atom. The summed E-state index contributed by atoms with van der Waals surface area (Å²) < 4.78 is 12.8. The van der Waals surface area contributed by atoms with Gasteiger partial charge < -0.3 is 5.11 Å². The van der Waals surface area contributed by atoms with E-state index in [1.54, 1.807) is 12.1 Å². The Labute approximate surface area is 92.6 Å². The van der Waals surface area contributed by atoms with Crippen LogP contribution in [-0.2, 0) is 4.79 Å². The molecule has 1 aliphatic rings. The maximum Gasteiger partial charge on any atom is 0.329 e. The van der Waals surface area contributed by atoms with Gasteiger partial charge in [-0.1, -0.05) is 12.1 Å². The van der Waals surface area contributed by atoms with E-state index in [0.717, 1.165) is 11.3 Å². The van der Waals surface area contributed by atoms with Gasteiger partial charge in [0.1, 0.15) is 5.82 Å². The molecule has 3 nitrogen and oxygen atoms in total. The largest absolute Gasteiger partial charge is 0.480 e. The van der Waals surface area contributed by atoms with Gasteiger partial charge >= 0.3 is 5.97 Å². The molecular weight excluding hydrogens is 209 g/mol. The number of aliphatic carboxylic acids is 1. The van der Waals surface area contributed by atoms with E-state index in [-0.39, 0.29) is 11.7 Å². The minimum absolute atomic E-state index is 0.168. The number of aliphatic imine (C=N–C) groups is 1. The van der Waals surface area contributed by atoms with Gasteiger partial charge in [0.25, 0.3) is 0 Å². The Balaban J connectivity index is 2.28. The zero-order valence-electron chi connectivity index (χ0n) is 8.85. The second-order valence-electron chi connectivity index (χ2n) is 4.01. The van der Waals surface area contributed by atoms with Crippen LogP contribution in [0.5, 0.6) is 0 Å². The fraction of sp³-hybridized carbons (Fsp3) is 0.333. The molecule has 1 aliphatic heterocycles. The molecule has 2 atom stereocenters. The minimum Gasteiger partial charge on any atom is -0.480 e. The van der Waals surface area contributed by atoms with E-state index in [1.807, 2.05) is 6.92 Å². The lowest BCUT2D eigenvalue weighted by Gasteiger charge is -2.14. The van der Waals surface area contributed by atoms with Crippen molar-refractivity contribution in [3.63, 3.8) is 0 Å². The maximum absolute atomic E-state index is 12.8. The van der Waals surface area contributed by atoms with Gasteiger partial charge in [0.05, 0.1) is 0 Å². The van der Waals surface area contributed by atoms with Gasteiger partial charge in [-0.3, -0.25) is 4.99 Å². The second-order valence-corrected chi connectivity index (χ2v) is 4.01. The molecule has 2 rings (SSSR count). The predicted octanol–water partition coefficient (Wildman–Crippen LogP) is 2.23. The predicted molar refractivity (Wildman–Crippen MR) is 58.3 cm³/mol. The lowest BCUT2D eigenvalue weighted by Crippen LogP contribution is -2.22. The molecule has 0 radical (unpaired) electrons. The first-order valence-electron chi connectivity index (χ1n) is 5.09. The topological polar surface area (TPSA) is 49.7 Å². The first-order chi connectivity index (χ1) is 7.58. The number of carboxylic acid groups (broad SMARTS) is 1. The van der Waals surface area contributed by atoms with Crippen molar-refractivity contribution in [2.45, 2.75) is 25.3 Å². The summed E-state index contributed by atoms with van der Waals surface area (Å²) in [6.45, 7) is 1.82. The van der Waals surface area contributed by atoms with E-state index in [1.165, 1.54) is 12.1 Å². The molecule has 0 aliphatic carbocycles. The zero-order chi connectivity index (χ0) is 11.7. The van der Waals surface area contributed by atoms with Gasteiger partial charge in [0, 0.05) is 11.6 Å². The van der Waals surface area contributed by atoms with Crippen LogP contribution in [0.1, 0.15) is 24.8 Å². The lowest BCUT2D eigenvalue weighted by molar-refractivity contribution is -0.138. The minimum atomic E-state index is -0.925. The molecule has 0 fully saturated rings. The standard InChI is InChI=1S/C12H12FNO2/c1-7-6-10(11(14-7)12(15)16)8-2-4-9(13)5-3-8/h2-5,10-11H,6H2,1H3,(H,15,16). The van der Waals surface area contributed by atoms with Gasteiger partial charge in [0.15, 0.2) is 6.04 Å². The number of benzene rings is 1. The molecule has 1 N–H and O–H groups in total. The number of nitrogens with zero attached hydrogens (tertiary/aromatic N) is 1. The fourth-order valence-electron chi connectivity index (χ4n) is 2.05. The van der Waals surface area contributed by atoms with Crippen LogP contribution in [0.2, 0.25) is 0 Å². The third-order valence-electron chi connectivity index (χ3n) is 2.81. The average molecular weight is 221 g/mol. The molecule has 2 unspecified atom stereocenters. The first-order valence-corrected chi connectivity index (χ1v) is 5.09. The van der Waals surface area contributed by atoms with Gasteiger partial charge in [0.2, 0.25) is 0 Å². The average Bonchev–Trinajstić information content (AvgIpc) is 2.61. The second kappa shape index (κ2) is 4.04. The number of carboxylic acids is 1. The number of halogens is 1. The highest BCUT2D eigenvalue weighted by atomic mass is 19.1. The van der Waals surface area contributed by atoms with Crippen molar-refractivity contribution in [3.05, 3.63) is 35.6 Å². The Kier molecular flexibility index (Phi) is 2.73. The number of carbonyl (C=O) groups is 1. The van der Waals surface area contributed by atoms with Crippen molar-refractivity contribution >= 4 is 11.7 Å². The van der Waals surface area contributed by atoms with Crippen LogP contribution in [0.25, 0.3) is 0 Å². The summed E-state index contributed by atoms with van der Waals surface area (Å²) in [5, 5.41) is 9.04. The third kappa shape index (κ3) is 1.96. The van der Waals surface area contributed by atoms with Crippen molar-refractivity contribution in [1.82, 2.24) is 0 Å². The molecular formula is C12H12FNO2. The van der Waals surface area contributed by atoms with Crippen LogP contribution >= 0.6 is 0 Å². The van der Waals surface area contributed by atoms with Crippen molar-refractivity contribution in [3.8, 4) is 0 Å². The SMILES string of the molecule is CC1=NC(C(=O)O)C(c2ccc(F)cc2)C1. The van der Waals surface area contributed by atoms with E-state index < -0.39 is 12.0 Å². The molecule has 84 valence electrons. The summed E-state index contributed by atoms with van der Waals surface area (Å²) in [5.41, 5.74) is 1.66. The molecule has 1 heterocycles. The Bertz CT molecular complexity index is 439. The highest BCUT2D eigenvalue weighted by Crippen LogP contribution is 2.31. The van der Waals surface area contributed by atoms with Gasteiger partial charge in [-0.05, 0) is 31.0 Å². The summed E-state index contributed by atoms with van der Waals surface area (Å²) in [4.78, 5) is 15.1. The highest BCUT2D eigenvalue weighted by molar-refractivity contribution is 5.90. The fourth-order valence-corrected chi connectivity index (χ4v) is 2.05. The van der Waals surface area contributed by atoms with Crippen LogP contribution in [-0.4, -0.2) is 22.8 Å². The number of rotatable bonds is 2. The smallest absolute Gasteiger partial charge is 0.329 e. The van der Waals surface area contributed by atoms with Crippen LogP contribution in [0.3, 0.4) is 0 Å². The summed E-state index contributed by atoms with van der Waals surface area (Å²) in [5.74, 6) is -1.41. The van der Waals surface area contributed by atoms with Crippen molar-refractivity contribution < 1.29 is 14.3 Å². The van der Waals surface area contributed by atoms with E-state index in [2.05, 4.69) is 4.99 Å². The molecule has 16 heavy (non-hydrogen) atoms. The number of hydrogen-bond acceptors (Lipinski definition) is 2. The number of hydrogen-bond donors (Lipinski definition) is 1. The molecule has 4 heteroatoms. The Morgan fingerprint density at radius 1 is 1.44 bits per heavy atom. The van der Waals surface area contributed by atoms with Crippen molar-refractivity contribution in [2.75, 3.05) is 0 Å². The highest BCUT2D eigenvalue weighted by Gasteiger charge is 2.34. The van der Waals surface area contributed by atoms with Gasteiger partial charge in [-0.2, -0.15) is 0 Å². The summed E-state index contributed by atoms with van der Waals surface area (Å²) in [6.07, 6.45) is 0.628. The molecule has 0 saturated carbocycles. The van der Waals surface area contributed by atoms with Crippen molar-refractivity contribution in [2.24, 2.45) is 4.99 Å². The molecule has 1 aromatic rings. The normalized spacial score (nSPS) is 24.2. The summed E-state index contributed by atoms with van der Waals surface area (Å²) >= 11 is 0. The van der Waals surface area contributed by atoms with E-state index in [9.17, 15) is 9.18 Å². The Morgan fingerprint density at radius 3 is 2.62 bits per heavy atom. The maximum atomic E-state index is 12.8. The lowest BCUT2D eigenvalue weighted by atomic mass is 9.90. The van der Waals surface area contributed by atoms with E-state index in [0.29, 0.717) is 6.42 Å². The van der Waals surface area contributed by atoms with E-state index in [4.69, 9.17) is 5.11 Å². The van der Waals surface area contributed by atoms with Gasteiger partial charge in [-0.25, -0.2) is 9.18 Å². The molecule has 0 spiro atoms. The molecule has 0 saturated heterocycles. The molecule has 0 bridgehead atoms. The van der Waals surface area contributed by atoms with Gasteiger partial charge in [-0.15, -0.1) is 0 Å². The van der Waals surface area contributed by atoms with Crippen LogP contribution in [0.4, 0.5) is 4.39 Å². The molecule has 1 aromatic carbocycles. The van der Waals surface area contributed by atoms with E-state index >= 15 is 0 Å². The quantitative estimate of drug-likeness (QED) is 0.832. The summed E-state index contributed by atoms with van der Waals surface area (Å²) in [7, 11) is 0.